The summed E-state index contributed by atoms with van der Waals surface area (Å²) < 4.78 is 0. The molecule has 0 saturated carbocycles. The fraction of sp³-hybridized carbons (Fsp3) is 0.455. The zero-order chi connectivity index (χ0) is 21.2. The quantitative estimate of drug-likeness (QED) is 0.592. The van der Waals surface area contributed by atoms with E-state index < -0.39 is 11.9 Å². The van der Waals surface area contributed by atoms with E-state index in [1.54, 1.807) is 0 Å². The van der Waals surface area contributed by atoms with Crippen LogP contribution < -0.4 is 4.90 Å². The number of piperidine rings is 1. The Kier molecular flexibility index (Phi) is 6.13. The summed E-state index contributed by atoms with van der Waals surface area (Å²) in [4.78, 5) is 22.6. The van der Waals surface area contributed by atoms with Crippen LogP contribution >= 0.6 is 11.8 Å². The van der Waals surface area contributed by atoms with Gasteiger partial charge in [0, 0.05) is 18.7 Å². The molecule has 3 rings (SSSR count). The molecule has 0 radical (unpaired) electrons. The number of carboxylic acid groups (broad SMARTS) is 1. The SMILES string of the molecule is CSc1nc(-c2ccc(C(C)(C)C)cc2)c(C#N)c(N2CCC[C@H](C(=O)O)C2)n1. The van der Waals surface area contributed by atoms with Gasteiger partial charge in [0.05, 0.1) is 11.6 Å². The summed E-state index contributed by atoms with van der Waals surface area (Å²) in [6.45, 7) is 7.52. The third kappa shape index (κ3) is 4.54. The minimum atomic E-state index is -0.801. The summed E-state index contributed by atoms with van der Waals surface area (Å²) in [6, 6.07) is 10.4. The molecule has 1 aromatic carbocycles. The standard InChI is InChI=1S/C22H26N4O2S/c1-22(2,3)16-9-7-14(8-10-16)18-17(12-23)19(25-21(24-18)29-4)26-11-5-6-15(13-26)20(27)28/h7-10,15H,5-6,11,13H2,1-4H3,(H,27,28)/t15-/m0/s1. The molecule has 0 aliphatic carbocycles. The van der Waals surface area contributed by atoms with Crippen LogP contribution in [0.3, 0.4) is 0 Å². The van der Waals surface area contributed by atoms with Crippen LogP contribution in [0.25, 0.3) is 11.3 Å². The Morgan fingerprint density at radius 1 is 1.28 bits per heavy atom. The molecule has 0 spiro atoms. The molecule has 1 aromatic heterocycles. The molecule has 0 unspecified atom stereocenters. The first-order valence-electron chi connectivity index (χ1n) is 9.69. The lowest BCUT2D eigenvalue weighted by molar-refractivity contribution is -0.141. The second kappa shape index (κ2) is 8.42. The minimum absolute atomic E-state index is 0.0392. The van der Waals surface area contributed by atoms with Crippen molar-refractivity contribution in [2.45, 2.75) is 44.2 Å². The van der Waals surface area contributed by atoms with E-state index in [1.807, 2.05) is 23.3 Å². The Bertz CT molecular complexity index is 945. The highest BCUT2D eigenvalue weighted by molar-refractivity contribution is 7.98. The lowest BCUT2D eigenvalue weighted by Gasteiger charge is -2.32. The van der Waals surface area contributed by atoms with Gasteiger partial charge in [0.15, 0.2) is 11.0 Å². The molecule has 1 atom stereocenters. The first-order chi connectivity index (χ1) is 13.7. The average Bonchev–Trinajstić information content (AvgIpc) is 2.72. The second-order valence-corrected chi connectivity index (χ2v) is 9.09. The molecule has 152 valence electrons. The van der Waals surface area contributed by atoms with Gasteiger partial charge in [-0.2, -0.15) is 5.26 Å². The average molecular weight is 411 g/mol. The number of hydrogen-bond donors (Lipinski definition) is 1. The van der Waals surface area contributed by atoms with Crippen LogP contribution in [0, 0.1) is 17.2 Å². The largest absolute Gasteiger partial charge is 0.481 e. The molecule has 1 aliphatic rings. The van der Waals surface area contributed by atoms with E-state index in [-0.39, 0.29) is 5.41 Å². The van der Waals surface area contributed by atoms with Gasteiger partial charge in [-0.25, -0.2) is 9.97 Å². The predicted molar refractivity (Wildman–Crippen MR) is 115 cm³/mol. The van der Waals surface area contributed by atoms with E-state index in [0.29, 0.717) is 41.7 Å². The summed E-state index contributed by atoms with van der Waals surface area (Å²) in [5.41, 5.74) is 3.11. The maximum absolute atomic E-state index is 11.5. The van der Waals surface area contributed by atoms with E-state index in [2.05, 4.69) is 48.9 Å². The number of benzene rings is 1. The summed E-state index contributed by atoms with van der Waals surface area (Å²) in [5, 5.41) is 19.9. The van der Waals surface area contributed by atoms with Crippen molar-refractivity contribution in [1.82, 2.24) is 9.97 Å². The van der Waals surface area contributed by atoms with Gasteiger partial charge in [-0.15, -0.1) is 0 Å². The first-order valence-corrected chi connectivity index (χ1v) is 10.9. The maximum atomic E-state index is 11.5. The Morgan fingerprint density at radius 2 is 1.97 bits per heavy atom. The Morgan fingerprint density at radius 3 is 2.52 bits per heavy atom. The Hall–Kier alpha value is -2.59. The van der Waals surface area contributed by atoms with Crippen LogP contribution in [0.2, 0.25) is 0 Å². The molecule has 2 heterocycles. The second-order valence-electron chi connectivity index (χ2n) is 8.32. The van der Waals surface area contributed by atoms with Crippen molar-refractivity contribution >= 4 is 23.5 Å². The number of aromatic nitrogens is 2. The van der Waals surface area contributed by atoms with E-state index in [1.165, 1.54) is 17.3 Å². The van der Waals surface area contributed by atoms with Crippen LogP contribution in [0.1, 0.15) is 44.7 Å². The summed E-state index contributed by atoms with van der Waals surface area (Å²) in [7, 11) is 0. The zero-order valence-electron chi connectivity index (χ0n) is 17.3. The zero-order valence-corrected chi connectivity index (χ0v) is 18.1. The Labute approximate surface area is 176 Å². The van der Waals surface area contributed by atoms with E-state index in [4.69, 9.17) is 0 Å². The number of carbonyl (C=O) groups is 1. The molecule has 0 amide bonds. The van der Waals surface area contributed by atoms with E-state index >= 15 is 0 Å². The van der Waals surface area contributed by atoms with Crippen molar-refractivity contribution in [3.8, 4) is 17.3 Å². The van der Waals surface area contributed by atoms with Gasteiger partial charge < -0.3 is 10.0 Å². The summed E-state index contributed by atoms with van der Waals surface area (Å²) in [6.07, 6.45) is 3.30. The molecule has 29 heavy (non-hydrogen) atoms. The third-order valence-corrected chi connectivity index (χ3v) is 5.81. The molecule has 7 heteroatoms. The fourth-order valence-corrected chi connectivity index (χ4v) is 3.92. The van der Waals surface area contributed by atoms with Crippen LogP contribution in [0.5, 0.6) is 0 Å². The molecule has 2 aromatic rings. The number of hydrogen-bond acceptors (Lipinski definition) is 6. The van der Waals surface area contributed by atoms with Crippen LogP contribution in [0.15, 0.2) is 29.4 Å². The molecular formula is C22H26N4O2S. The highest BCUT2D eigenvalue weighted by Gasteiger charge is 2.29. The number of thioether (sulfide) groups is 1. The molecule has 1 aliphatic heterocycles. The molecule has 1 N–H and O–H groups in total. The predicted octanol–water partition coefficient (Wildman–Crippen LogP) is 4.34. The number of nitriles is 1. The Balaban J connectivity index is 2.08. The smallest absolute Gasteiger partial charge is 0.308 e. The molecule has 1 saturated heterocycles. The van der Waals surface area contributed by atoms with Gasteiger partial charge in [-0.1, -0.05) is 56.8 Å². The van der Waals surface area contributed by atoms with Crippen LogP contribution in [-0.4, -0.2) is 40.4 Å². The number of carboxylic acids is 1. The normalized spacial score (nSPS) is 17.1. The number of anilines is 1. The molecule has 6 nitrogen and oxygen atoms in total. The lowest BCUT2D eigenvalue weighted by atomic mass is 9.86. The van der Waals surface area contributed by atoms with E-state index in [9.17, 15) is 15.2 Å². The van der Waals surface area contributed by atoms with Crippen molar-refractivity contribution in [2.24, 2.45) is 5.92 Å². The van der Waals surface area contributed by atoms with Crippen molar-refractivity contribution in [3.05, 3.63) is 35.4 Å². The maximum Gasteiger partial charge on any atom is 0.308 e. The number of aliphatic carboxylic acids is 1. The highest BCUT2D eigenvalue weighted by Crippen LogP contribution is 2.33. The van der Waals surface area contributed by atoms with Gasteiger partial charge in [-0.05, 0) is 30.1 Å². The van der Waals surface area contributed by atoms with Gasteiger partial charge in [0.2, 0.25) is 0 Å². The molecular weight excluding hydrogens is 384 g/mol. The van der Waals surface area contributed by atoms with Gasteiger partial charge in [0.25, 0.3) is 0 Å². The monoisotopic (exact) mass is 410 g/mol. The van der Waals surface area contributed by atoms with Gasteiger partial charge in [0.1, 0.15) is 11.6 Å². The van der Waals surface area contributed by atoms with Crippen LogP contribution in [-0.2, 0) is 10.2 Å². The highest BCUT2D eigenvalue weighted by atomic mass is 32.2. The first kappa shape index (κ1) is 21.1. The van der Waals surface area contributed by atoms with Crippen molar-refractivity contribution < 1.29 is 9.90 Å². The van der Waals surface area contributed by atoms with Gasteiger partial charge in [-0.3, -0.25) is 4.79 Å². The molecule has 0 bridgehead atoms. The van der Waals surface area contributed by atoms with Crippen molar-refractivity contribution in [2.75, 3.05) is 24.2 Å². The van der Waals surface area contributed by atoms with E-state index in [0.717, 1.165) is 12.0 Å². The van der Waals surface area contributed by atoms with Crippen molar-refractivity contribution in [3.63, 3.8) is 0 Å². The third-order valence-electron chi connectivity index (χ3n) is 5.26. The lowest BCUT2D eigenvalue weighted by Crippen LogP contribution is -2.39. The fourth-order valence-electron chi connectivity index (χ4n) is 3.56. The number of nitrogens with zero attached hydrogens (tertiary/aromatic N) is 4. The minimum Gasteiger partial charge on any atom is -0.481 e. The molecule has 1 fully saturated rings. The summed E-state index contributed by atoms with van der Waals surface area (Å²) >= 11 is 1.41. The van der Waals surface area contributed by atoms with Gasteiger partial charge >= 0.3 is 5.97 Å². The topological polar surface area (TPSA) is 90.1 Å². The summed E-state index contributed by atoms with van der Waals surface area (Å²) in [5.74, 6) is -0.712. The number of rotatable bonds is 4. The van der Waals surface area contributed by atoms with Crippen molar-refractivity contribution in [1.29, 1.82) is 5.26 Å². The van der Waals surface area contributed by atoms with Crippen LogP contribution in [0.4, 0.5) is 5.82 Å².